The van der Waals surface area contributed by atoms with E-state index in [9.17, 15) is 4.39 Å². The molecular formula is C12H18FNO. The van der Waals surface area contributed by atoms with Gasteiger partial charge in [0.25, 0.3) is 0 Å². The Balaban J connectivity index is 2.20. The molecule has 0 aliphatic rings. The minimum absolute atomic E-state index is 0.262. The molecule has 0 bridgehead atoms. The maximum atomic E-state index is 12.8. The first-order valence-electron chi connectivity index (χ1n) is 5.34. The molecule has 0 saturated carbocycles. The molecule has 2 nitrogen and oxygen atoms in total. The molecule has 0 aliphatic carbocycles. The van der Waals surface area contributed by atoms with Crippen molar-refractivity contribution < 1.29 is 9.13 Å². The SMILES string of the molecule is CCC(C)NCCOc1cccc(F)c1. The van der Waals surface area contributed by atoms with Gasteiger partial charge in [0.2, 0.25) is 0 Å². The summed E-state index contributed by atoms with van der Waals surface area (Å²) < 4.78 is 18.1. The molecule has 1 aromatic carbocycles. The number of rotatable bonds is 6. The Morgan fingerprint density at radius 3 is 2.93 bits per heavy atom. The Morgan fingerprint density at radius 2 is 2.27 bits per heavy atom. The predicted octanol–water partition coefficient (Wildman–Crippen LogP) is 2.59. The second kappa shape index (κ2) is 6.40. The van der Waals surface area contributed by atoms with Crippen molar-refractivity contribution >= 4 is 0 Å². The van der Waals surface area contributed by atoms with Crippen molar-refractivity contribution in [3.63, 3.8) is 0 Å². The molecule has 3 heteroatoms. The summed E-state index contributed by atoms with van der Waals surface area (Å²) in [6.45, 7) is 5.60. The van der Waals surface area contributed by atoms with Gasteiger partial charge in [-0.25, -0.2) is 4.39 Å². The van der Waals surface area contributed by atoms with E-state index in [4.69, 9.17) is 4.74 Å². The molecule has 1 N–H and O–H groups in total. The third-order valence-corrected chi connectivity index (χ3v) is 2.27. The summed E-state index contributed by atoms with van der Waals surface area (Å²) >= 11 is 0. The van der Waals surface area contributed by atoms with Crippen molar-refractivity contribution in [2.24, 2.45) is 0 Å². The summed E-state index contributed by atoms with van der Waals surface area (Å²) in [7, 11) is 0. The molecule has 0 radical (unpaired) electrons. The number of nitrogens with one attached hydrogen (secondary N) is 1. The quantitative estimate of drug-likeness (QED) is 0.730. The maximum Gasteiger partial charge on any atom is 0.126 e. The molecule has 15 heavy (non-hydrogen) atoms. The molecule has 1 aromatic rings. The second-order valence-electron chi connectivity index (χ2n) is 3.57. The fraction of sp³-hybridized carbons (Fsp3) is 0.500. The van der Waals surface area contributed by atoms with Crippen molar-refractivity contribution in [1.82, 2.24) is 5.32 Å². The molecule has 84 valence electrons. The standard InChI is InChI=1S/C12H18FNO/c1-3-10(2)14-7-8-15-12-6-4-5-11(13)9-12/h4-6,9-10,14H,3,7-8H2,1-2H3. The van der Waals surface area contributed by atoms with Gasteiger partial charge in [-0.15, -0.1) is 0 Å². The Bertz CT molecular complexity index is 291. The average molecular weight is 211 g/mol. The lowest BCUT2D eigenvalue weighted by Gasteiger charge is -2.11. The zero-order valence-corrected chi connectivity index (χ0v) is 9.29. The Morgan fingerprint density at radius 1 is 1.47 bits per heavy atom. The normalized spacial score (nSPS) is 12.5. The van der Waals surface area contributed by atoms with E-state index in [0.717, 1.165) is 13.0 Å². The van der Waals surface area contributed by atoms with E-state index < -0.39 is 0 Å². The third-order valence-electron chi connectivity index (χ3n) is 2.27. The third kappa shape index (κ3) is 4.79. The highest BCUT2D eigenvalue weighted by molar-refractivity contribution is 5.22. The zero-order chi connectivity index (χ0) is 11.1. The summed E-state index contributed by atoms with van der Waals surface area (Å²) in [5.41, 5.74) is 0. The fourth-order valence-electron chi connectivity index (χ4n) is 1.18. The Kier molecular flexibility index (Phi) is 5.12. The smallest absolute Gasteiger partial charge is 0.126 e. The van der Waals surface area contributed by atoms with E-state index in [1.165, 1.54) is 12.1 Å². The van der Waals surface area contributed by atoms with Crippen molar-refractivity contribution in [2.75, 3.05) is 13.2 Å². The minimum atomic E-state index is -0.262. The lowest BCUT2D eigenvalue weighted by atomic mass is 10.3. The summed E-state index contributed by atoms with van der Waals surface area (Å²) in [5, 5.41) is 3.30. The predicted molar refractivity (Wildman–Crippen MR) is 59.7 cm³/mol. The summed E-state index contributed by atoms with van der Waals surface area (Å²) in [5.74, 6) is 0.323. The van der Waals surface area contributed by atoms with Gasteiger partial charge >= 0.3 is 0 Å². The van der Waals surface area contributed by atoms with Gasteiger partial charge in [0.1, 0.15) is 18.2 Å². The van der Waals surface area contributed by atoms with E-state index in [-0.39, 0.29) is 5.82 Å². The second-order valence-corrected chi connectivity index (χ2v) is 3.57. The molecule has 0 amide bonds. The lowest BCUT2D eigenvalue weighted by Crippen LogP contribution is -2.29. The molecular weight excluding hydrogens is 193 g/mol. The maximum absolute atomic E-state index is 12.8. The van der Waals surface area contributed by atoms with Crippen LogP contribution in [0, 0.1) is 5.82 Å². The highest BCUT2D eigenvalue weighted by Gasteiger charge is 1.98. The Labute approximate surface area is 90.4 Å². The first kappa shape index (κ1) is 12.0. The van der Waals surface area contributed by atoms with Crippen LogP contribution < -0.4 is 10.1 Å². The van der Waals surface area contributed by atoms with Crippen LogP contribution in [0.2, 0.25) is 0 Å². The van der Waals surface area contributed by atoms with Gasteiger partial charge < -0.3 is 10.1 Å². The number of halogens is 1. The molecule has 0 fully saturated rings. The molecule has 1 atom stereocenters. The number of hydrogen-bond donors (Lipinski definition) is 1. The largest absolute Gasteiger partial charge is 0.492 e. The topological polar surface area (TPSA) is 21.3 Å². The van der Waals surface area contributed by atoms with Crippen LogP contribution in [0.25, 0.3) is 0 Å². The van der Waals surface area contributed by atoms with Gasteiger partial charge in [0, 0.05) is 18.7 Å². The van der Waals surface area contributed by atoms with Gasteiger partial charge in [-0.1, -0.05) is 13.0 Å². The molecule has 0 saturated heterocycles. The van der Waals surface area contributed by atoms with Crippen LogP contribution in [0.1, 0.15) is 20.3 Å². The molecule has 0 heterocycles. The number of hydrogen-bond acceptors (Lipinski definition) is 2. The van der Waals surface area contributed by atoms with Crippen LogP contribution >= 0.6 is 0 Å². The summed E-state index contributed by atoms with van der Waals surface area (Å²) in [4.78, 5) is 0. The first-order chi connectivity index (χ1) is 7.22. The number of benzene rings is 1. The van der Waals surface area contributed by atoms with Crippen molar-refractivity contribution in [1.29, 1.82) is 0 Å². The van der Waals surface area contributed by atoms with E-state index in [1.54, 1.807) is 12.1 Å². The summed E-state index contributed by atoms with van der Waals surface area (Å²) in [6, 6.07) is 6.70. The monoisotopic (exact) mass is 211 g/mol. The van der Waals surface area contributed by atoms with Crippen LogP contribution in [-0.4, -0.2) is 19.2 Å². The van der Waals surface area contributed by atoms with Gasteiger partial charge in [0.15, 0.2) is 0 Å². The zero-order valence-electron chi connectivity index (χ0n) is 9.29. The highest BCUT2D eigenvalue weighted by Crippen LogP contribution is 2.11. The fourth-order valence-corrected chi connectivity index (χ4v) is 1.18. The van der Waals surface area contributed by atoms with Crippen molar-refractivity contribution in [3.8, 4) is 5.75 Å². The van der Waals surface area contributed by atoms with E-state index >= 15 is 0 Å². The van der Waals surface area contributed by atoms with Crippen LogP contribution in [0.3, 0.4) is 0 Å². The van der Waals surface area contributed by atoms with Gasteiger partial charge in [0.05, 0.1) is 0 Å². The minimum Gasteiger partial charge on any atom is -0.492 e. The van der Waals surface area contributed by atoms with Crippen molar-refractivity contribution in [3.05, 3.63) is 30.1 Å². The lowest BCUT2D eigenvalue weighted by molar-refractivity contribution is 0.304. The van der Waals surface area contributed by atoms with Crippen molar-refractivity contribution in [2.45, 2.75) is 26.3 Å². The van der Waals surface area contributed by atoms with Gasteiger partial charge in [-0.2, -0.15) is 0 Å². The van der Waals surface area contributed by atoms with Gasteiger partial charge in [-0.3, -0.25) is 0 Å². The molecule has 0 aliphatic heterocycles. The summed E-state index contributed by atoms with van der Waals surface area (Å²) in [6.07, 6.45) is 1.10. The molecule has 0 spiro atoms. The first-order valence-corrected chi connectivity index (χ1v) is 5.34. The van der Waals surface area contributed by atoms with E-state index in [1.807, 2.05) is 0 Å². The molecule has 1 unspecified atom stereocenters. The van der Waals surface area contributed by atoms with Gasteiger partial charge in [-0.05, 0) is 25.5 Å². The average Bonchev–Trinajstić information content (AvgIpc) is 2.24. The van der Waals surface area contributed by atoms with E-state index in [0.29, 0.717) is 18.4 Å². The number of ether oxygens (including phenoxy) is 1. The molecule has 1 rings (SSSR count). The van der Waals surface area contributed by atoms with Crippen LogP contribution in [0.5, 0.6) is 5.75 Å². The Hall–Kier alpha value is -1.09. The van der Waals surface area contributed by atoms with Crippen LogP contribution in [0.15, 0.2) is 24.3 Å². The van der Waals surface area contributed by atoms with Crippen LogP contribution in [0.4, 0.5) is 4.39 Å². The van der Waals surface area contributed by atoms with E-state index in [2.05, 4.69) is 19.2 Å². The van der Waals surface area contributed by atoms with Crippen LogP contribution in [-0.2, 0) is 0 Å². The molecule has 0 aromatic heterocycles. The highest BCUT2D eigenvalue weighted by atomic mass is 19.1.